The monoisotopic (exact) mass is 250 g/mol. The fraction of sp³-hybridized carbons (Fsp3) is 1.00. The highest BCUT2D eigenvalue weighted by Crippen LogP contribution is 2.30. The Kier molecular flexibility index (Phi) is 5.17. The topological polar surface area (TPSA) is 60.9 Å². The Morgan fingerprint density at radius 3 is 2.44 bits per heavy atom. The van der Waals surface area contributed by atoms with E-state index in [2.05, 4.69) is 0 Å². The second kappa shape index (κ2) is 5.95. The van der Waals surface area contributed by atoms with Gasteiger partial charge in [-0.25, -0.2) is 0 Å². The molecule has 0 aliphatic heterocycles. The minimum Gasteiger partial charge on any atom is -0.396 e. The third kappa shape index (κ3) is 3.69. The number of rotatable bonds is 8. The average Bonchev–Trinajstić information content (AvgIpc) is 3.05. The number of hydrogen-bond acceptors (Lipinski definition) is 3. The van der Waals surface area contributed by atoms with E-state index >= 15 is 0 Å². The van der Waals surface area contributed by atoms with Gasteiger partial charge in [-0.15, -0.1) is 0 Å². The standard InChI is InChI=1S/C10H22N2O3S/c1-3-12(9-10-5-6-10)16(14,15)11(2)7-4-8-13/h10,13H,3-9H2,1-2H3. The molecule has 1 aliphatic rings. The van der Waals surface area contributed by atoms with Crippen LogP contribution in [0, 0.1) is 5.92 Å². The van der Waals surface area contributed by atoms with E-state index in [-0.39, 0.29) is 6.61 Å². The summed E-state index contributed by atoms with van der Waals surface area (Å²) in [5.41, 5.74) is 0. The van der Waals surface area contributed by atoms with Gasteiger partial charge in [0.15, 0.2) is 0 Å². The molecule has 0 heterocycles. The quantitative estimate of drug-likeness (QED) is 0.673. The second-order valence-electron chi connectivity index (χ2n) is 4.30. The maximum Gasteiger partial charge on any atom is 0.281 e. The molecule has 16 heavy (non-hydrogen) atoms. The summed E-state index contributed by atoms with van der Waals surface area (Å²) in [5.74, 6) is 0.556. The van der Waals surface area contributed by atoms with E-state index in [1.165, 1.54) is 8.61 Å². The first kappa shape index (κ1) is 13.9. The molecule has 1 aliphatic carbocycles. The van der Waals surface area contributed by atoms with Crippen molar-refractivity contribution in [2.45, 2.75) is 26.2 Å². The van der Waals surface area contributed by atoms with Crippen LogP contribution in [0.5, 0.6) is 0 Å². The van der Waals surface area contributed by atoms with Gasteiger partial charge in [0, 0.05) is 33.3 Å². The Hall–Kier alpha value is -0.170. The number of aliphatic hydroxyl groups excluding tert-OH is 1. The maximum absolute atomic E-state index is 12.1. The van der Waals surface area contributed by atoms with E-state index in [0.29, 0.717) is 32.0 Å². The second-order valence-corrected chi connectivity index (χ2v) is 6.34. The van der Waals surface area contributed by atoms with Gasteiger partial charge in [0.25, 0.3) is 10.2 Å². The van der Waals surface area contributed by atoms with Crippen molar-refractivity contribution in [1.82, 2.24) is 8.61 Å². The lowest BCUT2D eigenvalue weighted by atomic mass is 10.4. The van der Waals surface area contributed by atoms with E-state index < -0.39 is 10.2 Å². The summed E-state index contributed by atoms with van der Waals surface area (Å²) in [6, 6.07) is 0. The van der Waals surface area contributed by atoms with E-state index in [4.69, 9.17) is 5.11 Å². The molecule has 0 unspecified atom stereocenters. The minimum atomic E-state index is -3.32. The Bertz CT molecular complexity index is 301. The largest absolute Gasteiger partial charge is 0.396 e. The highest BCUT2D eigenvalue weighted by atomic mass is 32.2. The number of hydrogen-bond donors (Lipinski definition) is 1. The van der Waals surface area contributed by atoms with Crippen LogP contribution in [0.2, 0.25) is 0 Å². The van der Waals surface area contributed by atoms with Crippen LogP contribution in [-0.4, -0.2) is 55.4 Å². The Balaban J connectivity index is 2.56. The van der Waals surface area contributed by atoms with Crippen LogP contribution in [0.1, 0.15) is 26.2 Å². The van der Waals surface area contributed by atoms with E-state index in [9.17, 15) is 8.42 Å². The van der Waals surface area contributed by atoms with Crippen LogP contribution >= 0.6 is 0 Å². The smallest absolute Gasteiger partial charge is 0.281 e. The van der Waals surface area contributed by atoms with Crippen LogP contribution in [0.3, 0.4) is 0 Å². The zero-order valence-corrected chi connectivity index (χ0v) is 10.9. The predicted octanol–water partition coefficient (Wildman–Crippen LogP) is 0.277. The summed E-state index contributed by atoms with van der Waals surface area (Å²) < 4.78 is 27.1. The molecule has 0 spiro atoms. The van der Waals surface area contributed by atoms with Crippen molar-refractivity contribution in [2.24, 2.45) is 5.92 Å². The van der Waals surface area contributed by atoms with Gasteiger partial charge >= 0.3 is 0 Å². The highest BCUT2D eigenvalue weighted by Gasteiger charge is 2.31. The van der Waals surface area contributed by atoms with Gasteiger partial charge in [-0.05, 0) is 25.2 Å². The molecular formula is C10H22N2O3S. The summed E-state index contributed by atoms with van der Waals surface area (Å²) in [5, 5.41) is 8.70. The fourth-order valence-electron chi connectivity index (χ4n) is 1.58. The molecule has 6 heteroatoms. The molecule has 1 fully saturated rings. The zero-order valence-electron chi connectivity index (χ0n) is 10.1. The zero-order chi connectivity index (χ0) is 12.2. The molecule has 0 saturated heterocycles. The summed E-state index contributed by atoms with van der Waals surface area (Å²) >= 11 is 0. The van der Waals surface area contributed by atoms with Gasteiger partial charge < -0.3 is 5.11 Å². The maximum atomic E-state index is 12.1. The minimum absolute atomic E-state index is 0.0224. The third-order valence-corrected chi connectivity index (χ3v) is 4.89. The first-order chi connectivity index (χ1) is 7.52. The molecule has 0 bridgehead atoms. The normalized spacial score (nSPS) is 17.3. The van der Waals surface area contributed by atoms with Crippen molar-refractivity contribution < 1.29 is 13.5 Å². The molecule has 0 aromatic heterocycles. The van der Waals surface area contributed by atoms with Crippen LogP contribution in [0.4, 0.5) is 0 Å². The van der Waals surface area contributed by atoms with Gasteiger partial charge in [-0.2, -0.15) is 17.0 Å². The number of nitrogens with zero attached hydrogens (tertiary/aromatic N) is 2. The molecule has 0 amide bonds. The lowest BCUT2D eigenvalue weighted by molar-refractivity contribution is 0.271. The van der Waals surface area contributed by atoms with Crippen molar-refractivity contribution >= 4 is 10.2 Å². The number of aliphatic hydroxyl groups is 1. The first-order valence-electron chi connectivity index (χ1n) is 5.84. The SMILES string of the molecule is CCN(CC1CC1)S(=O)(=O)N(C)CCCO. The molecule has 1 saturated carbocycles. The molecule has 5 nitrogen and oxygen atoms in total. The van der Waals surface area contributed by atoms with E-state index in [0.717, 1.165) is 12.8 Å². The van der Waals surface area contributed by atoms with E-state index in [1.807, 2.05) is 6.92 Å². The molecular weight excluding hydrogens is 228 g/mol. The van der Waals surface area contributed by atoms with Gasteiger partial charge in [-0.1, -0.05) is 6.92 Å². The van der Waals surface area contributed by atoms with Crippen LogP contribution in [0.15, 0.2) is 0 Å². The average molecular weight is 250 g/mol. The molecule has 1 rings (SSSR count). The Morgan fingerprint density at radius 1 is 1.38 bits per heavy atom. The van der Waals surface area contributed by atoms with Gasteiger partial charge in [0.1, 0.15) is 0 Å². The summed E-state index contributed by atoms with van der Waals surface area (Å²) in [4.78, 5) is 0. The van der Waals surface area contributed by atoms with Crippen LogP contribution in [0.25, 0.3) is 0 Å². The molecule has 0 aromatic carbocycles. The van der Waals surface area contributed by atoms with Crippen LogP contribution in [-0.2, 0) is 10.2 Å². The Labute approximate surface area is 98.2 Å². The Morgan fingerprint density at radius 2 is 2.00 bits per heavy atom. The highest BCUT2D eigenvalue weighted by molar-refractivity contribution is 7.86. The van der Waals surface area contributed by atoms with Crippen LogP contribution < -0.4 is 0 Å². The third-order valence-electron chi connectivity index (χ3n) is 2.86. The van der Waals surface area contributed by atoms with Gasteiger partial charge in [0.05, 0.1) is 0 Å². The molecule has 0 atom stereocenters. The van der Waals surface area contributed by atoms with E-state index in [1.54, 1.807) is 7.05 Å². The fourth-order valence-corrected chi connectivity index (χ4v) is 3.06. The lowest BCUT2D eigenvalue weighted by Gasteiger charge is -2.26. The molecule has 1 N–H and O–H groups in total. The molecule has 0 radical (unpaired) electrons. The molecule has 0 aromatic rings. The van der Waals surface area contributed by atoms with Crippen molar-refractivity contribution in [2.75, 3.05) is 33.3 Å². The van der Waals surface area contributed by atoms with Crippen molar-refractivity contribution in [3.8, 4) is 0 Å². The summed E-state index contributed by atoms with van der Waals surface area (Å²) in [6.45, 7) is 3.42. The predicted molar refractivity (Wildman–Crippen MR) is 63.2 cm³/mol. The van der Waals surface area contributed by atoms with Crippen molar-refractivity contribution in [3.05, 3.63) is 0 Å². The van der Waals surface area contributed by atoms with Crippen molar-refractivity contribution in [3.63, 3.8) is 0 Å². The summed E-state index contributed by atoms with van der Waals surface area (Å²) in [6.07, 6.45) is 2.77. The van der Waals surface area contributed by atoms with Gasteiger partial charge in [-0.3, -0.25) is 0 Å². The van der Waals surface area contributed by atoms with Crippen molar-refractivity contribution in [1.29, 1.82) is 0 Å². The first-order valence-corrected chi connectivity index (χ1v) is 7.24. The molecule has 96 valence electrons. The lowest BCUT2D eigenvalue weighted by Crippen LogP contribution is -2.43. The summed E-state index contributed by atoms with van der Waals surface area (Å²) in [7, 11) is -1.75. The van der Waals surface area contributed by atoms with Gasteiger partial charge in [0.2, 0.25) is 0 Å².